The highest BCUT2D eigenvalue weighted by Crippen LogP contribution is 2.38. The van der Waals surface area contributed by atoms with E-state index in [0.29, 0.717) is 34.0 Å². The summed E-state index contributed by atoms with van der Waals surface area (Å²) >= 11 is 2.94. The number of benzene rings is 1. The van der Waals surface area contributed by atoms with Crippen molar-refractivity contribution in [3.05, 3.63) is 35.4 Å². The van der Waals surface area contributed by atoms with Crippen LogP contribution in [0.15, 0.2) is 29.4 Å². The molecule has 0 bridgehead atoms. The maximum absolute atomic E-state index is 9.26. The van der Waals surface area contributed by atoms with Gasteiger partial charge < -0.3 is 15.5 Å². The number of thioether (sulfide) groups is 1. The summed E-state index contributed by atoms with van der Waals surface area (Å²) in [6.45, 7) is 18.5. The van der Waals surface area contributed by atoms with Gasteiger partial charge in [-0.2, -0.15) is 5.26 Å². The van der Waals surface area contributed by atoms with Crippen LogP contribution >= 0.6 is 23.1 Å². The summed E-state index contributed by atoms with van der Waals surface area (Å²) in [6, 6.07) is 9.95. The summed E-state index contributed by atoms with van der Waals surface area (Å²) in [4.78, 5) is 14.1. The number of rotatable bonds is 10. The Balaban J connectivity index is 1.89. The number of hydrogen-bond donors (Lipinski definition) is 2. The van der Waals surface area contributed by atoms with E-state index < -0.39 is 8.32 Å². The highest BCUT2D eigenvalue weighted by atomic mass is 32.2. The molecule has 0 saturated carbocycles. The number of hydrogen-bond acceptors (Lipinski definition) is 9. The molecule has 194 valence electrons. The lowest BCUT2D eigenvalue weighted by Crippen LogP contribution is -2.44. The Morgan fingerprint density at radius 1 is 1.19 bits per heavy atom. The van der Waals surface area contributed by atoms with E-state index >= 15 is 0 Å². The van der Waals surface area contributed by atoms with Crippen molar-refractivity contribution in [2.24, 2.45) is 5.92 Å². The van der Waals surface area contributed by atoms with Crippen molar-refractivity contribution in [3.8, 4) is 6.07 Å². The molecule has 7 nitrogen and oxygen atoms in total. The van der Waals surface area contributed by atoms with Crippen LogP contribution in [0.3, 0.4) is 0 Å². The van der Waals surface area contributed by atoms with E-state index in [4.69, 9.17) is 20.1 Å². The van der Waals surface area contributed by atoms with Gasteiger partial charge in [-0.05, 0) is 55.1 Å². The fraction of sp³-hybridized carbons (Fsp3) is 0.538. The predicted octanol–water partition coefficient (Wildman–Crippen LogP) is 7.24. The third kappa shape index (κ3) is 7.19. The number of nitrogen functional groups attached to an aromatic ring is 1. The molecule has 0 amide bonds. The van der Waals surface area contributed by atoms with Gasteiger partial charge in [0.05, 0.1) is 18.2 Å². The molecule has 0 aliphatic heterocycles. The normalized spacial score (nSPS) is 14.1. The second kappa shape index (κ2) is 11.5. The second-order valence-corrected chi connectivity index (χ2v) is 18.2. The summed E-state index contributed by atoms with van der Waals surface area (Å²) in [5.41, 5.74) is 8.36. The largest absolute Gasteiger partial charge is 0.415 e. The second-order valence-electron chi connectivity index (χ2n) is 11.1. The van der Waals surface area contributed by atoms with Crippen LogP contribution in [-0.2, 0) is 4.43 Å². The minimum Gasteiger partial charge on any atom is -0.415 e. The molecule has 0 aliphatic carbocycles. The van der Waals surface area contributed by atoms with Crippen molar-refractivity contribution in [2.75, 3.05) is 17.7 Å². The average molecular weight is 543 g/mol. The number of nitrogens with two attached hydrogens (primary N) is 1. The first-order valence-electron chi connectivity index (χ1n) is 12.3. The molecular weight excluding hydrogens is 505 g/mol. The van der Waals surface area contributed by atoms with E-state index in [1.165, 1.54) is 11.3 Å². The molecule has 1 unspecified atom stereocenters. The van der Waals surface area contributed by atoms with E-state index in [1.54, 1.807) is 11.8 Å². The molecule has 0 fully saturated rings. The van der Waals surface area contributed by atoms with E-state index in [0.717, 1.165) is 22.5 Å². The Labute approximate surface area is 224 Å². The van der Waals surface area contributed by atoms with Gasteiger partial charge in [0.25, 0.3) is 0 Å². The first-order chi connectivity index (χ1) is 16.8. The van der Waals surface area contributed by atoms with Crippen molar-refractivity contribution in [1.29, 1.82) is 5.26 Å². The maximum Gasteiger partial charge on any atom is 0.192 e. The first-order valence-corrected chi connectivity index (χ1v) is 16.9. The van der Waals surface area contributed by atoms with Gasteiger partial charge in [-0.3, -0.25) is 0 Å². The molecule has 36 heavy (non-hydrogen) atoms. The average Bonchev–Trinajstić information content (AvgIpc) is 3.16. The molecule has 0 spiro atoms. The summed E-state index contributed by atoms with van der Waals surface area (Å²) in [7, 11) is -1.89. The predicted molar refractivity (Wildman–Crippen MR) is 155 cm³/mol. The highest BCUT2D eigenvalue weighted by molar-refractivity contribution is 7.99. The van der Waals surface area contributed by atoms with Crippen molar-refractivity contribution >= 4 is 52.7 Å². The summed E-state index contributed by atoms with van der Waals surface area (Å²) in [5.74, 6) is 1.25. The van der Waals surface area contributed by atoms with E-state index in [2.05, 4.69) is 71.0 Å². The van der Waals surface area contributed by atoms with Crippen LogP contribution in [-0.4, -0.2) is 35.9 Å². The van der Waals surface area contributed by atoms with Crippen LogP contribution in [0.4, 0.5) is 10.9 Å². The fourth-order valence-electron chi connectivity index (χ4n) is 3.51. The minimum absolute atomic E-state index is 0.0629. The topological polar surface area (TPSA) is 110 Å². The quantitative estimate of drug-likeness (QED) is 0.157. The van der Waals surface area contributed by atoms with Gasteiger partial charge in [0, 0.05) is 11.3 Å². The lowest BCUT2D eigenvalue weighted by molar-refractivity contribution is 0.257. The number of nitrogens with one attached hydrogen (secondary N) is 1. The Morgan fingerprint density at radius 3 is 2.56 bits per heavy atom. The summed E-state index contributed by atoms with van der Waals surface area (Å²) in [6.07, 6.45) is 0.953. The van der Waals surface area contributed by atoms with Crippen molar-refractivity contribution in [1.82, 2.24) is 15.0 Å². The van der Waals surface area contributed by atoms with Crippen LogP contribution in [0, 0.1) is 17.2 Å². The molecule has 2 atom stereocenters. The van der Waals surface area contributed by atoms with Gasteiger partial charge in [-0.1, -0.05) is 69.9 Å². The Hall–Kier alpha value is -2.19. The molecule has 1 aromatic carbocycles. The van der Waals surface area contributed by atoms with Crippen molar-refractivity contribution in [2.45, 2.75) is 82.5 Å². The molecule has 0 saturated heterocycles. The van der Waals surface area contributed by atoms with Gasteiger partial charge in [-0.15, -0.1) is 0 Å². The van der Waals surface area contributed by atoms with Crippen LogP contribution in [0.1, 0.15) is 64.3 Å². The van der Waals surface area contributed by atoms with Crippen molar-refractivity contribution in [3.63, 3.8) is 0 Å². The highest BCUT2D eigenvalue weighted by Gasteiger charge is 2.37. The van der Waals surface area contributed by atoms with E-state index in [-0.39, 0.29) is 16.3 Å². The first kappa shape index (κ1) is 28.4. The van der Waals surface area contributed by atoms with Gasteiger partial charge in [0.15, 0.2) is 30.1 Å². The number of aromatic nitrogens is 3. The van der Waals surface area contributed by atoms with Crippen LogP contribution < -0.4 is 11.1 Å². The lowest BCUT2D eigenvalue weighted by atomic mass is 10.0. The van der Waals surface area contributed by atoms with Crippen LogP contribution in [0.2, 0.25) is 18.1 Å². The molecule has 0 aliphatic rings. The standard InChI is InChI=1S/C26H38N6OS2Si/c1-16(2)12-20(15-33-36(7,8)26(4,5)6)29-22-21-23(30-24(28)35-21)32-25(31-22)34-17(3)19-11-9-10-18(13-19)14-27/h9-11,13,16-17,20H,12,15H2,1-8H3,(H3,28,29,30,31,32)/t17?,20-/m1/s1. The Bertz CT molecular complexity index is 1230. The zero-order valence-corrected chi connectivity index (χ0v) is 25.2. The molecule has 2 aromatic heterocycles. The molecule has 3 N–H and O–H groups in total. The molecule has 10 heteroatoms. The summed E-state index contributed by atoms with van der Waals surface area (Å²) < 4.78 is 7.44. The van der Waals surface area contributed by atoms with Crippen LogP contribution in [0.5, 0.6) is 0 Å². The van der Waals surface area contributed by atoms with Gasteiger partial charge >= 0.3 is 0 Å². The van der Waals surface area contributed by atoms with Crippen LogP contribution in [0.25, 0.3) is 10.3 Å². The minimum atomic E-state index is -1.89. The zero-order valence-electron chi connectivity index (χ0n) is 22.5. The molecular formula is C26H38N6OS2Si. The molecule has 2 heterocycles. The number of anilines is 2. The van der Waals surface area contributed by atoms with Gasteiger partial charge in [-0.25, -0.2) is 15.0 Å². The fourth-order valence-corrected chi connectivity index (χ4v) is 6.17. The third-order valence-corrected chi connectivity index (χ3v) is 13.0. The molecule has 0 radical (unpaired) electrons. The third-order valence-electron chi connectivity index (χ3n) is 6.57. The maximum atomic E-state index is 9.26. The Morgan fingerprint density at radius 2 is 1.92 bits per heavy atom. The molecule has 3 rings (SSSR count). The van der Waals surface area contributed by atoms with Gasteiger partial charge in [0.2, 0.25) is 0 Å². The zero-order chi connectivity index (χ0) is 26.7. The lowest BCUT2D eigenvalue weighted by Gasteiger charge is -2.37. The SMILES string of the molecule is CC(C)C[C@H](CO[Si](C)(C)C(C)(C)C)Nc1nc(SC(C)c2cccc(C#N)c2)nc2nc(N)sc12. The van der Waals surface area contributed by atoms with Crippen molar-refractivity contribution < 1.29 is 4.43 Å². The smallest absolute Gasteiger partial charge is 0.192 e. The van der Waals surface area contributed by atoms with E-state index in [1.807, 2.05) is 24.3 Å². The number of fused-ring (bicyclic) bond motifs is 1. The van der Waals surface area contributed by atoms with E-state index in [9.17, 15) is 5.26 Å². The number of thiazole rings is 1. The van der Waals surface area contributed by atoms with Gasteiger partial charge in [0.1, 0.15) is 4.70 Å². The Kier molecular flexibility index (Phi) is 9.04. The number of nitriles is 1. The molecule has 3 aromatic rings. The number of nitrogens with zero attached hydrogens (tertiary/aromatic N) is 4. The summed E-state index contributed by atoms with van der Waals surface area (Å²) in [5, 5.41) is 14.2. The monoisotopic (exact) mass is 542 g/mol.